The lowest BCUT2D eigenvalue weighted by Gasteiger charge is -2.17. The number of carbonyl (C=O) groups excluding carboxylic acids is 2. The van der Waals surface area contributed by atoms with Crippen molar-refractivity contribution in [1.29, 1.82) is 0 Å². The van der Waals surface area contributed by atoms with Gasteiger partial charge in [-0.2, -0.15) is 0 Å². The molecule has 3 aromatic rings. The van der Waals surface area contributed by atoms with Crippen LogP contribution in [-0.4, -0.2) is 46.4 Å². The van der Waals surface area contributed by atoms with Crippen molar-refractivity contribution in [1.82, 2.24) is 19.8 Å². The van der Waals surface area contributed by atoms with Crippen molar-refractivity contribution < 1.29 is 9.59 Å². The number of aromatic nitrogens is 2. The molecule has 2 aromatic carbocycles. The molecule has 0 unspecified atom stereocenters. The van der Waals surface area contributed by atoms with E-state index in [2.05, 4.69) is 14.9 Å². The summed E-state index contributed by atoms with van der Waals surface area (Å²) >= 11 is 0. The number of rotatable bonds is 6. The first-order valence-corrected chi connectivity index (χ1v) is 8.55. The Labute approximate surface area is 152 Å². The van der Waals surface area contributed by atoms with Crippen LogP contribution in [0, 0.1) is 6.92 Å². The summed E-state index contributed by atoms with van der Waals surface area (Å²) in [6, 6.07) is 16.9. The van der Waals surface area contributed by atoms with Crippen LogP contribution in [0.2, 0.25) is 0 Å². The molecule has 0 atom stereocenters. The quantitative estimate of drug-likeness (QED) is 0.741. The zero-order valence-electron chi connectivity index (χ0n) is 15.0. The molecular formula is C20H22N4O2. The number of benzene rings is 2. The molecule has 0 aliphatic carbocycles. The number of nitrogens with one attached hydrogen (secondary N) is 1. The second kappa shape index (κ2) is 7.82. The van der Waals surface area contributed by atoms with E-state index in [1.54, 1.807) is 31.3 Å². The number of fused-ring (bicyclic) bond motifs is 1. The highest BCUT2D eigenvalue weighted by molar-refractivity contribution is 5.96. The van der Waals surface area contributed by atoms with Crippen LogP contribution in [0.3, 0.4) is 0 Å². The second-order valence-corrected chi connectivity index (χ2v) is 6.18. The molecule has 134 valence electrons. The van der Waals surface area contributed by atoms with Gasteiger partial charge in [0.15, 0.2) is 0 Å². The number of aryl methyl sites for hydroxylation is 1. The number of amides is 2. The molecule has 0 saturated carbocycles. The minimum atomic E-state index is -0.182. The summed E-state index contributed by atoms with van der Waals surface area (Å²) in [6.07, 6.45) is 0. The fraction of sp³-hybridized carbons (Fsp3) is 0.250. The first-order valence-electron chi connectivity index (χ1n) is 8.55. The number of carbonyl (C=O) groups is 2. The molecule has 0 aliphatic heterocycles. The van der Waals surface area contributed by atoms with E-state index in [-0.39, 0.29) is 18.4 Å². The summed E-state index contributed by atoms with van der Waals surface area (Å²) < 4.78 is 2.08. The Kier molecular flexibility index (Phi) is 5.31. The van der Waals surface area contributed by atoms with Crippen LogP contribution in [-0.2, 0) is 11.3 Å². The minimum Gasteiger partial charge on any atom is -0.353 e. The summed E-state index contributed by atoms with van der Waals surface area (Å²) in [5, 5.41) is 2.87. The van der Waals surface area contributed by atoms with Crippen LogP contribution >= 0.6 is 0 Å². The molecule has 6 heteroatoms. The molecule has 0 bridgehead atoms. The zero-order chi connectivity index (χ0) is 18.5. The van der Waals surface area contributed by atoms with Gasteiger partial charge in [0.1, 0.15) is 5.82 Å². The van der Waals surface area contributed by atoms with E-state index < -0.39 is 0 Å². The first-order chi connectivity index (χ1) is 12.6. The van der Waals surface area contributed by atoms with Crippen LogP contribution in [0.4, 0.5) is 0 Å². The van der Waals surface area contributed by atoms with Crippen molar-refractivity contribution in [2.45, 2.75) is 13.5 Å². The largest absolute Gasteiger partial charge is 0.353 e. The van der Waals surface area contributed by atoms with Crippen molar-refractivity contribution in [3.05, 3.63) is 66.0 Å². The van der Waals surface area contributed by atoms with Crippen LogP contribution in [0.1, 0.15) is 16.2 Å². The van der Waals surface area contributed by atoms with Gasteiger partial charge in [0, 0.05) is 25.7 Å². The monoisotopic (exact) mass is 350 g/mol. The van der Waals surface area contributed by atoms with Crippen LogP contribution in [0.5, 0.6) is 0 Å². The lowest BCUT2D eigenvalue weighted by Crippen LogP contribution is -2.39. The van der Waals surface area contributed by atoms with Gasteiger partial charge in [0.05, 0.1) is 17.6 Å². The average molecular weight is 350 g/mol. The van der Waals surface area contributed by atoms with Gasteiger partial charge in [-0.1, -0.05) is 30.3 Å². The maximum atomic E-state index is 12.3. The molecule has 26 heavy (non-hydrogen) atoms. The van der Waals surface area contributed by atoms with Gasteiger partial charge in [-0.25, -0.2) is 4.98 Å². The van der Waals surface area contributed by atoms with E-state index in [0.29, 0.717) is 18.7 Å². The smallest absolute Gasteiger partial charge is 0.254 e. The Morgan fingerprint density at radius 3 is 2.54 bits per heavy atom. The summed E-state index contributed by atoms with van der Waals surface area (Å²) in [7, 11) is 1.63. The van der Waals surface area contributed by atoms with Crippen LogP contribution < -0.4 is 5.32 Å². The van der Waals surface area contributed by atoms with E-state index >= 15 is 0 Å². The van der Waals surface area contributed by atoms with Gasteiger partial charge in [-0.3, -0.25) is 9.59 Å². The van der Waals surface area contributed by atoms with E-state index in [1.165, 1.54) is 4.90 Å². The van der Waals surface area contributed by atoms with Crippen molar-refractivity contribution in [2.75, 3.05) is 20.1 Å². The van der Waals surface area contributed by atoms with E-state index in [4.69, 9.17) is 0 Å². The molecule has 2 amide bonds. The van der Waals surface area contributed by atoms with Crippen LogP contribution in [0.15, 0.2) is 54.6 Å². The molecule has 1 heterocycles. The lowest BCUT2D eigenvalue weighted by atomic mass is 10.2. The summed E-state index contributed by atoms with van der Waals surface area (Å²) in [4.78, 5) is 30.3. The number of hydrogen-bond acceptors (Lipinski definition) is 3. The maximum absolute atomic E-state index is 12.3. The molecule has 1 aromatic heterocycles. The predicted molar refractivity (Wildman–Crippen MR) is 101 cm³/mol. The van der Waals surface area contributed by atoms with E-state index in [9.17, 15) is 9.59 Å². The highest BCUT2D eigenvalue weighted by Crippen LogP contribution is 2.14. The van der Waals surface area contributed by atoms with Gasteiger partial charge in [0.2, 0.25) is 5.91 Å². The molecular weight excluding hydrogens is 328 g/mol. The van der Waals surface area contributed by atoms with Crippen molar-refractivity contribution in [3.63, 3.8) is 0 Å². The third-order valence-corrected chi connectivity index (χ3v) is 4.25. The summed E-state index contributed by atoms with van der Waals surface area (Å²) in [6.45, 7) is 3.09. The molecule has 0 aliphatic rings. The molecule has 0 spiro atoms. The Morgan fingerprint density at radius 2 is 1.77 bits per heavy atom. The Morgan fingerprint density at radius 1 is 1.08 bits per heavy atom. The molecule has 0 saturated heterocycles. The minimum absolute atomic E-state index is 0.0252. The molecule has 0 fully saturated rings. The first kappa shape index (κ1) is 17.7. The van der Waals surface area contributed by atoms with Gasteiger partial charge >= 0.3 is 0 Å². The topological polar surface area (TPSA) is 67.2 Å². The number of likely N-dealkylation sites (N-methyl/N-ethyl adjacent to an activating group) is 1. The summed E-state index contributed by atoms with van der Waals surface area (Å²) in [5.41, 5.74) is 2.57. The van der Waals surface area contributed by atoms with Crippen molar-refractivity contribution in [3.8, 4) is 0 Å². The zero-order valence-corrected chi connectivity index (χ0v) is 15.0. The molecule has 1 N–H and O–H groups in total. The molecule has 3 rings (SSSR count). The number of hydrogen-bond donors (Lipinski definition) is 1. The standard InChI is InChI=1S/C20H22N4O2/c1-15-22-17-10-6-7-11-18(17)24(15)13-12-21-19(25)14-23(2)20(26)16-8-4-3-5-9-16/h3-11H,12-14H2,1-2H3,(H,21,25). The molecule has 0 radical (unpaired) electrons. The third kappa shape index (κ3) is 3.91. The average Bonchev–Trinajstić information content (AvgIpc) is 2.97. The van der Waals surface area contributed by atoms with Crippen molar-refractivity contribution in [2.24, 2.45) is 0 Å². The van der Waals surface area contributed by atoms with Gasteiger partial charge in [-0.15, -0.1) is 0 Å². The Bertz CT molecular complexity index is 918. The normalized spacial score (nSPS) is 10.7. The molecule has 6 nitrogen and oxygen atoms in total. The van der Waals surface area contributed by atoms with Gasteiger partial charge in [-0.05, 0) is 31.2 Å². The lowest BCUT2D eigenvalue weighted by molar-refractivity contribution is -0.121. The SMILES string of the molecule is Cc1nc2ccccc2n1CCNC(=O)CN(C)C(=O)c1ccccc1. The van der Waals surface area contributed by atoms with Gasteiger partial charge < -0.3 is 14.8 Å². The fourth-order valence-corrected chi connectivity index (χ4v) is 2.93. The fourth-order valence-electron chi connectivity index (χ4n) is 2.93. The van der Waals surface area contributed by atoms with Crippen molar-refractivity contribution >= 4 is 22.8 Å². The predicted octanol–water partition coefficient (Wildman–Crippen LogP) is 2.23. The Hall–Kier alpha value is -3.15. The van der Waals surface area contributed by atoms with E-state index in [0.717, 1.165) is 16.9 Å². The second-order valence-electron chi connectivity index (χ2n) is 6.18. The number of nitrogens with zero attached hydrogens (tertiary/aromatic N) is 3. The number of para-hydroxylation sites is 2. The highest BCUT2D eigenvalue weighted by Gasteiger charge is 2.14. The summed E-state index contributed by atoms with van der Waals surface area (Å²) in [5.74, 6) is 0.563. The highest BCUT2D eigenvalue weighted by atomic mass is 16.2. The maximum Gasteiger partial charge on any atom is 0.254 e. The van der Waals surface area contributed by atoms with E-state index in [1.807, 2.05) is 37.3 Å². The Balaban J connectivity index is 1.52. The number of imidazole rings is 1. The van der Waals surface area contributed by atoms with Crippen LogP contribution in [0.25, 0.3) is 11.0 Å². The van der Waals surface area contributed by atoms with Gasteiger partial charge in [0.25, 0.3) is 5.91 Å². The third-order valence-electron chi connectivity index (χ3n) is 4.25.